The molecule has 2 aromatic carbocycles. The fourth-order valence-electron chi connectivity index (χ4n) is 3.17. The van der Waals surface area contributed by atoms with Gasteiger partial charge in [0.15, 0.2) is 5.78 Å². The molecule has 0 aromatic heterocycles. The Morgan fingerprint density at radius 1 is 1.05 bits per heavy atom. The molecule has 0 fully saturated rings. The Balaban J connectivity index is 1.74. The quantitative estimate of drug-likeness (QED) is 0.858. The van der Waals surface area contributed by atoms with Gasteiger partial charge in [-0.2, -0.15) is 0 Å². The second-order valence-electron chi connectivity index (χ2n) is 5.63. The molecule has 0 saturated carbocycles. The lowest BCUT2D eigenvalue weighted by molar-refractivity contribution is 0.103. The fourth-order valence-corrected chi connectivity index (χ4v) is 3.17. The number of benzene rings is 2. The number of nitrogens with one attached hydrogen (secondary N) is 1. The number of rotatable bonds is 2. The van der Waals surface area contributed by atoms with Crippen molar-refractivity contribution in [3.05, 3.63) is 64.2 Å². The van der Waals surface area contributed by atoms with Crippen molar-refractivity contribution in [2.45, 2.75) is 19.4 Å². The number of fused-ring (bicyclic) bond motifs is 2. The van der Waals surface area contributed by atoms with Crippen molar-refractivity contribution >= 4 is 5.78 Å². The highest BCUT2D eigenvalue weighted by atomic mass is 16.5. The van der Waals surface area contributed by atoms with Gasteiger partial charge in [0.25, 0.3) is 0 Å². The van der Waals surface area contributed by atoms with Crippen LogP contribution in [0.5, 0.6) is 5.75 Å². The Bertz CT molecular complexity index is 721. The molecular formula is C18H17NO2. The van der Waals surface area contributed by atoms with E-state index >= 15 is 0 Å². The van der Waals surface area contributed by atoms with Crippen LogP contribution in [0.3, 0.4) is 0 Å². The second-order valence-corrected chi connectivity index (χ2v) is 5.63. The van der Waals surface area contributed by atoms with Crippen LogP contribution >= 0.6 is 0 Å². The molecule has 0 spiro atoms. The third-order valence-electron chi connectivity index (χ3n) is 4.31. The monoisotopic (exact) mass is 279 g/mol. The van der Waals surface area contributed by atoms with E-state index in [-0.39, 0.29) is 5.78 Å². The molecule has 2 heterocycles. The zero-order valence-corrected chi connectivity index (χ0v) is 11.8. The van der Waals surface area contributed by atoms with Crippen LogP contribution in [0.15, 0.2) is 36.4 Å². The summed E-state index contributed by atoms with van der Waals surface area (Å²) in [5.74, 6) is 0.834. The molecule has 2 aromatic rings. The number of hydrogen-bond donors (Lipinski definition) is 1. The van der Waals surface area contributed by atoms with E-state index in [0.717, 1.165) is 42.8 Å². The van der Waals surface area contributed by atoms with Gasteiger partial charge < -0.3 is 10.1 Å². The Labute approximate surface area is 123 Å². The third kappa shape index (κ3) is 2.14. The van der Waals surface area contributed by atoms with Gasteiger partial charge in [-0.1, -0.05) is 24.3 Å². The average Bonchev–Trinajstić information content (AvgIpc) is 3.02. The fraction of sp³-hybridized carbons (Fsp3) is 0.278. The van der Waals surface area contributed by atoms with Crippen molar-refractivity contribution in [2.75, 3.05) is 13.2 Å². The number of ether oxygens (including phenoxy) is 1. The molecule has 0 bridgehead atoms. The number of hydrogen-bond acceptors (Lipinski definition) is 3. The summed E-state index contributed by atoms with van der Waals surface area (Å²) in [6.07, 6.45) is 1.93. The lowest BCUT2D eigenvalue weighted by Crippen LogP contribution is -2.23. The normalized spacial score (nSPS) is 16.0. The number of ketones is 1. The van der Waals surface area contributed by atoms with Crippen molar-refractivity contribution in [1.82, 2.24) is 5.32 Å². The summed E-state index contributed by atoms with van der Waals surface area (Å²) in [4.78, 5) is 12.8. The van der Waals surface area contributed by atoms with Crippen LogP contribution in [0.1, 0.15) is 32.6 Å². The molecule has 0 radical (unpaired) electrons. The average molecular weight is 279 g/mol. The molecule has 2 aliphatic rings. The van der Waals surface area contributed by atoms with E-state index in [2.05, 4.69) is 11.4 Å². The van der Waals surface area contributed by atoms with Gasteiger partial charge in [-0.25, -0.2) is 0 Å². The molecule has 4 rings (SSSR count). The summed E-state index contributed by atoms with van der Waals surface area (Å²) in [5.41, 5.74) is 5.16. The van der Waals surface area contributed by atoms with Gasteiger partial charge in [-0.3, -0.25) is 4.79 Å². The van der Waals surface area contributed by atoms with Crippen molar-refractivity contribution in [1.29, 1.82) is 0 Å². The first-order valence-corrected chi connectivity index (χ1v) is 7.45. The highest BCUT2D eigenvalue weighted by Gasteiger charge is 2.22. The summed E-state index contributed by atoms with van der Waals surface area (Å²) < 4.78 is 5.65. The maximum atomic E-state index is 12.8. The van der Waals surface area contributed by atoms with Crippen LogP contribution in [0.2, 0.25) is 0 Å². The first-order chi connectivity index (χ1) is 10.3. The van der Waals surface area contributed by atoms with Crippen molar-refractivity contribution in [3.63, 3.8) is 0 Å². The number of carbonyl (C=O) groups is 1. The van der Waals surface area contributed by atoms with Crippen molar-refractivity contribution < 1.29 is 9.53 Å². The lowest BCUT2D eigenvalue weighted by Gasteiger charge is -2.17. The van der Waals surface area contributed by atoms with Crippen LogP contribution in [0, 0.1) is 0 Å². The van der Waals surface area contributed by atoms with Gasteiger partial charge >= 0.3 is 0 Å². The summed E-state index contributed by atoms with van der Waals surface area (Å²) in [6, 6.07) is 11.9. The first-order valence-electron chi connectivity index (χ1n) is 7.45. The molecule has 3 heteroatoms. The maximum absolute atomic E-state index is 12.8. The maximum Gasteiger partial charge on any atom is 0.196 e. The molecule has 0 atom stereocenters. The molecule has 21 heavy (non-hydrogen) atoms. The van der Waals surface area contributed by atoms with Crippen molar-refractivity contribution in [3.8, 4) is 5.75 Å². The molecule has 0 amide bonds. The highest BCUT2D eigenvalue weighted by molar-refractivity contribution is 6.11. The predicted octanol–water partition coefficient (Wildman–Crippen LogP) is 2.50. The van der Waals surface area contributed by atoms with E-state index in [0.29, 0.717) is 12.2 Å². The van der Waals surface area contributed by atoms with E-state index in [9.17, 15) is 4.79 Å². The number of carbonyl (C=O) groups excluding carboxylic acids is 1. The minimum absolute atomic E-state index is 0.0575. The Kier molecular flexibility index (Phi) is 3.00. The van der Waals surface area contributed by atoms with E-state index < -0.39 is 0 Å². The van der Waals surface area contributed by atoms with E-state index in [1.54, 1.807) is 0 Å². The third-order valence-corrected chi connectivity index (χ3v) is 4.31. The zero-order valence-electron chi connectivity index (χ0n) is 11.8. The van der Waals surface area contributed by atoms with Crippen LogP contribution < -0.4 is 10.1 Å². The van der Waals surface area contributed by atoms with Crippen LogP contribution in [0.4, 0.5) is 0 Å². The Morgan fingerprint density at radius 3 is 2.95 bits per heavy atom. The Morgan fingerprint density at radius 2 is 2.00 bits per heavy atom. The van der Waals surface area contributed by atoms with Crippen LogP contribution in [-0.4, -0.2) is 18.9 Å². The molecule has 0 unspecified atom stereocenters. The van der Waals surface area contributed by atoms with Gasteiger partial charge in [-0.15, -0.1) is 0 Å². The standard InChI is InChI=1S/C18H17NO2/c20-17(16-3-1-2-13-7-9-21-18(13)16)14-5-4-12-6-8-19-11-15(12)10-14/h1-5,10,19H,6-9,11H2. The summed E-state index contributed by atoms with van der Waals surface area (Å²) >= 11 is 0. The minimum atomic E-state index is 0.0575. The molecule has 3 nitrogen and oxygen atoms in total. The highest BCUT2D eigenvalue weighted by Crippen LogP contribution is 2.31. The van der Waals surface area contributed by atoms with Gasteiger partial charge in [0.2, 0.25) is 0 Å². The van der Waals surface area contributed by atoms with Crippen molar-refractivity contribution in [2.24, 2.45) is 0 Å². The first kappa shape index (κ1) is 12.6. The molecular weight excluding hydrogens is 262 g/mol. The molecule has 0 saturated heterocycles. The lowest BCUT2D eigenvalue weighted by atomic mass is 9.94. The SMILES string of the molecule is O=C(c1ccc2c(c1)CNCC2)c1cccc2c1OCC2. The van der Waals surface area contributed by atoms with E-state index in [4.69, 9.17) is 4.74 Å². The van der Waals surface area contributed by atoms with Crippen LogP contribution in [0.25, 0.3) is 0 Å². The minimum Gasteiger partial charge on any atom is -0.492 e. The summed E-state index contributed by atoms with van der Waals surface area (Å²) in [5, 5.41) is 3.35. The smallest absolute Gasteiger partial charge is 0.196 e. The summed E-state index contributed by atoms with van der Waals surface area (Å²) in [7, 11) is 0. The predicted molar refractivity (Wildman–Crippen MR) is 80.9 cm³/mol. The topological polar surface area (TPSA) is 38.3 Å². The van der Waals surface area contributed by atoms with Gasteiger partial charge in [0, 0.05) is 18.5 Å². The molecule has 0 aliphatic carbocycles. The Hall–Kier alpha value is -2.13. The largest absolute Gasteiger partial charge is 0.492 e. The van der Waals surface area contributed by atoms with Gasteiger partial charge in [0.05, 0.1) is 12.2 Å². The van der Waals surface area contributed by atoms with Gasteiger partial charge in [0.1, 0.15) is 5.75 Å². The molecule has 106 valence electrons. The van der Waals surface area contributed by atoms with E-state index in [1.807, 2.05) is 30.3 Å². The zero-order chi connectivity index (χ0) is 14.2. The summed E-state index contributed by atoms with van der Waals surface area (Å²) in [6.45, 7) is 2.54. The molecule has 1 N–H and O–H groups in total. The second kappa shape index (κ2) is 5.01. The van der Waals surface area contributed by atoms with Gasteiger partial charge in [-0.05, 0) is 41.8 Å². The van der Waals surface area contributed by atoms with E-state index in [1.165, 1.54) is 11.1 Å². The number of para-hydroxylation sites is 1. The van der Waals surface area contributed by atoms with Crippen LogP contribution in [-0.2, 0) is 19.4 Å². The molecule has 2 aliphatic heterocycles.